The quantitative estimate of drug-likeness (QED) is 0.215. The molecule has 0 saturated carbocycles. The van der Waals surface area contributed by atoms with Crippen molar-refractivity contribution < 1.29 is 14.7 Å². The third kappa shape index (κ3) is 4.17. The zero-order valence-electron chi connectivity index (χ0n) is 17.1. The van der Waals surface area contributed by atoms with Gasteiger partial charge in [-0.25, -0.2) is 4.99 Å². The Morgan fingerprint density at radius 3 is 2.61 bits per heavy atom. The highest BCUT2D eigenvalue weighted by Crippen LogP contribution is 2.28. The molecule has 0 spiro atoms. The van der Waals surface area contributed by atoms with Crippen LogP contribution in [-0.2, 0) is 0 Å². The van der Waals surface area contributed by atoms with Gasteiger partial charge in [-0.1, -0.05) is 6.07 Å². The zero-order valence-corrected chi connectivity index (χ0v) is 17.9. The Hall–Kier alpha value is -4.50. The number of aromatic amines is 2. The summed E-state index contributed by atoms with van der Waals surface area (Å²) < 4.78 is 0. The van der Waals surface area contributed by atoms with Crippen LogP contribution in [0.2, 0.25) is 0 Å². The first-order valence-electron chi connectivity index (χ1n) is 9.96. The maximum absolute atomic E-state index is 13.1. The van der Waals surface area contributed by atoms with Crippen molar-refractivity contribution in [1.29, 1.82) is 0 Å². The first kappa shape index (κ1) is 20.4. The number of anilines is 1. The van der Waals surface area contributed by atoms with Crippen molar-refractivity contribution in [3.8, 4) is 5.88 Å². The molecular formula is C24H17N5O3S. The second-order valence-corrected chi connectivity index (χ2v) is 8.13. The van der Waals surface area contributed by atoms with Gasteiger partial charge >= 0.3 is 0 Å². The molecular weight excluding hydrogens is 438 g/mol. The third-order valence-electron chi connectivity index (χ3n) is 5.05. The fraction of sp³-hybridized carbons (Fsp3) is 0. The lowest BCUT2D eigenvalue weighted by atomic mass is 10.0. The number of ketones is 1. The molecule has 0 aliphatic rings. The Morgan fingerprint density at radius 2 is 1.88 bits per heavy atom. The maximum atomic E-state index is 13.1. The van der Waals surface area contributed by atoms with Crippen molar-refractivity contribution in [1.82, 2.24) is 15.2 Å². The number of nitrogens with zero attached hydrogens (tertiary/aromatic N) is 2. The van der Waals surface area contributed by atoms with E-state index in [-0.39, 0.29) is 17.6 Å². The van der Waals surface area contributed by atoms with Crippen molar-refractivity contribution in [2.45, 2.75) is 0 Å². The molecule has 0 atom stereocenters. The summed E-state index contributed by atoms with van der Waals surface area (Å²) in [6.45, 7) is 0. The molecule has 0 fully saturated rings. The van der Waals surface area contributed by atoms with Crippen LogP contribution in [0.4, 0.5) is 11.5 Å². The number of carbonyl (C=O) groups excluding carboxylic acids is 2. The number of fused-ring (bicyclic) bond motifs is 1. The molecule has 0 bridgehead atoms. The van der Waals surface area contributed by atoms with Crippen LogP contribution in [0.25, 0.3) is 10.9 Å². The molecule has 0 radical (unpaired) electrons. The summed E-state index contributed by atoms with van der Waals surface area (Å²) in [5.41, 5.74) is 2.71. The first-order chi connectivity index (χ1) is 16.1. The standard InChI is InChI=1S/C24H17N5O3S/c30-22(14-3-6-16(7-4-14)27-24(32)20-2-1-11-33-20)15-5-8-19-17(12-15)18(23(31)28-19)13-25-21-9-10-26-29-21/h1-13,28,31H,(H,26,29)(H,27,32). The zero-order chi connectivity index (χ0) is 22.8. The van der Waals surface area contributed by atoms with Crippen LogP contribution in [0.3, 0.4) is 0 Å². The van der Waals surface area contributed by atoms with Crippen LogP contribution in [0.15, 0.2) is 77.2 Å². The average Bonchev–Trinajstić information content (AvgIpc) is 3.59. The predicted octanol–water partition coefficient (Wildman–Crippen LogP) is 4.89. The summed E-state index contributed by atoms with van der Waals surface area (Å²) in [5, 5.41) is 22.2. The van der Waals surface area contributed by atoms with E-state index < -0.39 is 0 Å². The van der Waals surface area contributed by atoms with E-state index >= 15 is 0 Å². The predicted molar refractivity (Wildman–Crippen MR) is 128 cm³/mol. The number of H-pyrrole nitrogens is 2. The number of thiophene rings is 1. The fourth-order valence-corrected chi connectivity index (χ4v) is 4.02. The minimum absolute atomic E-state index is 0.0382. The van der Waals surface area contributed by atoms with E-state index in [9.17, 15) is 14.7 Å². The minimum atomic E-state index is -0.189. The molecule has 0 aliphatic carbocycles. The Kier molecular flexibility index (Phi) is 5.29. The topological polar surface area (TPSA) is 123 Å². The number of amides is 1. The number of nitrogens with one attached hydrogen (secondary N) is 3. The maximum Gasteiger partial charge on any atom is 0.265 e. The third-order valence-corrected chi connectivity index (χ3v) is 5.92. The molecule has 1 amide bonds. The number of benzene rings is 2. The lowest BCUT2D eigenvalue weighted by Gasteiger charge is -2.06. The molecule has 5 aromatic rings. The highest BCUT2D eigenvalue weighted by atomic mass is 32.1. The molecule has 0 aliphatic heterocycles. The lowest BCUT2D eigenvalue weighted by Crippen LogP contribution is -2.10. The van der Waals surface area contributed by atoms with Gasteiger partial charge in [-0.3, -0.25) is 14.7 Å². The van der Waals surface area contributed by atoms with Gasteiger partial charge in [-0.15, -0.1) is 11.3 Å². The highest BCUT2D eigenvalue weighted by molar-refractivity contribution is 7.12. The molecule has 3 heterocycles. The van der Waals surface area contributed by atoms with E-state index in [1.807, 2.05) is 11.4 Å². The van der Waals surface area contributed by atoms with Gasteiger partial charge < -0.3 is 15.4 Å². The Bertz CT molecular complexity index is 1470. The first-order valence-corrected chi connectivity index (χ1v) is 10.8. The van der Waals surface area contributed by atoms with Crippen LogP contribution in [0.5, 0.6) is 5.88 Å². The van der Waals surface area contributed by atoms with Crippen molar-refractivity contribution in [3.63, 3.8) is 0 Å². The summed E-state index contributed by atoms with van der Waals surface area (Å²) in [4.78, 5) is 33.0. The van der Waals surface area contributed by atoms with Gasteiger partial charge in [0.15, 0.2) is 11.7 Å². The smallest absolute Gasteiger partial charge is 0.265 e. The van der Waals surface area contributed by atoms with Crippen LogP contribution in [0.1, 0.15) is 31.2 Å². The van der Waals surface area contributed by atoms with Crippen molar-refractivity contribution >= 4 is 51.6 Å². The van der Waals surface area contributed by atoms with Gasteiger partial charge in [0.1, 0.15) is 5.82 Å². The van der Waals surface area contributed by atoms with Gasteiger partial charge in [0.25, 0.3) is 5.91 Å². The number of aromatic nitrogens is 3. The number of aliphatic imine (C=N–C) groups is 1. The molecule has 162 valence electrons. The Labute approximate surface area is 191 Å². The molecule has 5 rings (SSSR count). The highest BCUT2D eigenvalue weighted by Gasteiger charge is 2.15. The molecule has 0 saturated heterocycles. The van der Waals surface area contributed by atoms with Crippen LogP contribution in [0, 0.1) is 0 Å². The Balaban J connectivity index is 1.39. The van der Waals surface area contributed by atoms with E-state index in [0.717, 1.165) is 0 Å². The molecule has 8 nitrogen and oxygen atoms in total. The SMILES string of the molecule is O=C(c1ccc(NC(=O)c2cccs2)cc1)c1ccc2[nH]c(O)c(C=Nc3ccn[nH]3)c2c1. The van der Waals surface area contributed by atoms with Crippen molar-refractivity contribution in [2.75, 3.05) is 5.32 Å². The number of aromatic hydroxyl groups is 1. The summed E-state index contributed by atoms with van der Waals surface area (Å²) in [6.07, 6.45) is 3.10. The van der Waals surface area contributed by atoms with E-state index in [2.05, 4.69) is 25.5 Å². The van der Waals surface area contributed by atoms with Crippen molar-refractivity contribution in [2.24, 2.45) is 4.99 Å². The van der Waals surface area contributed by atoms with E-state index in [4.69, 9.17) is 0 Å². The lowest BCUT2D eigenvalue weighted by molar-refractivity contribution is 0.102. The number of rotatable bonds is 6. The number of carbonyl (C=O) groups is 2. The van der Waals surface area contributed by atoms with Crippen LogP contribution >= 0.6 is 11.3 Å². The van der Waals surface area contributed by atoms with Gasteiger partial charge in [0, 0.05) is 40.0 Å². The van der Waals surface area contributed by atoms with Gasteiger partial charge in [0.05, 0.1) is 16.6 Å². The molecule has 0 unspecified atom stereocenters. The van der Waals surface area contributed by atoms with Crippen LogP contribution < -0.4 is 5.32 Å². The second-order valence-electron chi connectivity index (χ2n) is 7.19. The largest absolute Gasteiger partial charge is 0.494 e. The normalized spacial score (nSPS) is 11.3. The second kappa shape index (κ2) is 8.56. The summed E-state index contributed by atoms with van der Waals surface area (Å²) >= 11 is 1.36. The number of hydrogen-bond acceptors (Lipinski definition) is 6. The van der Waals surface area contributed by atoms with Gasteiger partial charge in [-0.05, 0) is 53.9 Å². The molecule has 4 N–H and O–H groups in total. The molecule has 2 aromatic carbocycles. The fourth-order valence-electron chi connectivity index (χ4n) is 3.40. The monoisotopic (exact) mass is 455 g/mol. The van der Waals surface area contributed by atoms with Crippen molar-refractivity contribution in [3.05, 3.63) is 93.8 Å². The summed E-state index contributed by atoms with van der Waals surface area (Å²) in [6, 6.07) is 17.2. The van der Waals surface area contributed by atoms with Crippen LogP contribution in [-0.4, -0.2) is 38.2 Å². The van der Waals surface area contributed by atoms with E-state index in [1.165, 1.54) is 17.6 Å². The Morgan fingerprint density at radius 1 is 1.06 bits per heavy atom. The minimum Gasteiger partial charge on any atom is -0.494 e. The number of hydrogen-bond donors (Lipinski definition) is 4. The molecule has 3 aromatic heterocycles. The van der Waals surface area contributed by atoms with Gasteiger partial charge in [0.2, 0.25) is 0 Å². The summed E-state index contributed by atoms with van der Waals surface area (Å²) in [5.74, 6) is 0.141. The van der Waals surface area contributed by atoms with E-state index in [1.54, 1.807) is 60.8 Å². The van der Waals surface area contributed by atoms with Gasteiger partial charge in [-0.2, -0.15) is 5.10 Å². The average molecular weight is 455 g/mol. The summed E-state index contributed by atoms with van der Waals surface area (Å²) in [7, 11) is 0. The molecule has 33 heavy (non-hydrogen) atoms. The molecule has 9 heteroatoms. The van der Waals surface area contributed by atoms with E-state index in [0.29, 0.717) is 44.0 Å².